The molecule has 0 atom stereocenters. The summed E-state index contributed by atoms with van der Waals surface area (Å²) in [6.45, 7) is 4.12. The minimum atomic E-state index is -1.04. The Morgan fingerprint density at radius 3 is 2.60 bits per heavy atom. The van der Waals surface area contributed by atoms with Crippen molar-refractivity contribution < 1.29 is 19.4 Å². The largest absolute Gasteiger partial charge is 0.493 e. The molecule has 1 aromatic rings. The Hall–Kier alpha value is -1.75. The number of carboxylic acid groups (broad SMARTS) is 1. The molecule has 6 heteroatoms. The molecule has 0 aliphatic carbocycles. The van der Waals surface area contributed by atoms with E-state index in [9.17, 15) is 9.59 Å². The highest BCUT2D eigenvalue weighted by molar-refractivity contribution is 6.30. The Bertz CT molecular complexity index is 490. The first-order valence-corrected chi connectivity index (χ1v) is 6.80. The average molecular weight is 300 g/mol. The van der Waals surface area contributed by atoms with Crippen molar-refractivity contribution in [3.63, 3.8) is 0 Å². The molecule has 0 aliphatic rings. The summed E-state index contributed by atoms with van der Waals surface area (Å²) >= 11 is 5.88. The highest BCUT2D eigenvalue weighted by Gasteiger charge is 2.21. The van der Waals surface area contributed by atoms with Gasteiger partial charge in [-0.05, 0) is 31.5 Å². The van der Waals surface area contributed by atoms with Crippen molar-refractivity contribution in [2.24, 2.45) is 0 Å². The quantitative estimate of drug-likeness (QED) is 0.840. The Labute approximate surface area is 123 Å². The SMILES string of the molecule is CCCN(CC(=O)O)C(=O)c1ccc(Cl)cc1OCC. The average Bonchev–Trinajstić information content (AvgIpc) is 2.37. The van der Waals surface area contributed by atoms with E-state index in [1.807, 2.05) is 6.92 Å². The van der Waals surface area contributed by atoms with E-state index >= 15 is 0 Å². The van der Waals surface area contributed by atoms with Crippen LogP contribution in [0, 0.1) is 0 Å². The van der Waals surface area contributed by atoms with Crippen molar-refractivity contribution in [3.05, 3.63) is 28.8 Å². The van der Waals surface area contributed by atoms with Gasteiger partial charge in [-0.25, -0.2) is 0 Å². The maximum atomic E-state index is 12.4. The van der Waals surface area contributed by atoms with Crippen molar-refractivity contribution in [2.75, 3.05) is 19.7 Å². The number of ether oxygens (including phenoxy) is 1. The number of hydrogen-bond donors (Lipinski definition) is 1. The molecule has 0 saturated carbocycles. The number of carbonyl (C=O) groups excluding carboxylic acids is 1. The highest BCUT2D eigenvalue weighted by Crippen LogP contribution is 2.25. The molecule has 0 heterocycles. The van der Waals surface area contributed by atoms with Crippen molar-refractivity contribution in [2.45, 2.75) is 20.3 Å². The predicted octanol–water partition coefficient (Wildman–Crippen LogP) is 2.68. The van der Waals surface area contributed by atoms with E-state index in [0.717, 1.165) is 0 Å². The third-order valence-electron chi connectivity index (χ3n) is 2.58. The molecular weight excluding hydrogens is 282 g/mol. The van der Waals surface area contributed by atoms with Crippen LogP contribution in [0.1, 0.15) is 30.6 Å². The van der Waals surface area contributed by atoms with Crippen LogP contribution in [-0.4, -0.2) is 41.6 Å². The molecule has 0 aliphatic heterocycles. The summed E-state index contributed by atoms with van der Waals surface area (Å²) in [5, 5.41) is 9.34. The zero-order chi connectivity index (χ0) is 15.1. The minimum Gasteiger partial charge on any atom is -0.493 e. The molecule has 1 amide bonds. The van der Waals surface area contributed by atoms with Crippen LogP contribution in [0.15, 0.2) is 18.2 Å². The lowest BCUT2D eigenvalue weighted by molar-refractivity contribution is -0.137. The van der Waals surface area contributed by atoms with E-state index in [4.69, 9.17) is 21.4 Å². The molecule has 5 nitrogen and oxygen atoms in total. The van der Waals surface area contributed by atoms with Crippen LogP contribution in [0.4, 0.5) is 0 Å². The maximum Gasteiger partial charge on any atom is 0.323 e. The molecule has 0 unspecified atom stereocenters. The Morgan fingerprint density at radius 1 is 1.35 bits per heavy atom. The molecule has 110 valence electrons. The van der Waals surface area contributed by atoms with Crippen LogP contribution in [0.5, 0.6) is 5.75 Å². The summed E-state index contributed by atoms with van der Waals surface area (Å²) in [6, 6.07) is 4.70. The fourth-order valence-corrected chi connectivity index (χ4v) is 1.97. The van der Waals surface area contributed by atoms with Crippen molar-refractivity contribution in [3.8, 4) is 5.75 Å². The molecule has 0 fully saturated rings. The van der Waals surface area contributed by atoms with Gasteiger partial charge in [0.25, 0.3) is 5.91 Å². The molecular formula is C14H18ClNO4. The number of amides is 1. The Kier molecular flexibility index (Phi) is 6.31. The summed E-state index contributed by atoms with van der Waals surface area (Å²) in [4.78, 5) is 24.5. The second-order valence-corrected chi connectivity index (χ2v) is 4.63. The first kappa shape index (κ1) is 16.3. The van der Waals surface area contributed by atoms with E-state index in [1.54, 1.807) is 25.1 Å². The van der Waals surface area contributed by atoms with E-state index in [-0.39, 0.29) is 12.5 Å². The third kappa shape index (κ3) is 4.42. The van der Waals surface area contributed by atoms with Crippen LogP contribution >= 0.6 is 11.6 Å². The topological polar surface area (TPSA) is 66.8 Å². The monoisotopic (exact) mass is 299 g/mol. The van der Waals surface area contributed by atoms with Gasteiger partial charge in [-0.2, -0.15) is 0 Å². The van der Waals surface area contributed by atoms with Crippen LogP contribution in [0.2, 0.25) is 5.02 Å². The molecule has 0 bridgehead atoms. The van der Waals surface area contributed by atoms with Crippen molar-refractivity contribution in [1.29, 1.82) is 0 Å². The van der Waals surface area contributed by atoms with Gasteiger partial charge < -0.3 is 14.7 Å². The lowest BCUT2D eigenvalue weighted by Gasteiger charge is -2.21. The number of hydrogen-bond acceptors (Lipinski definition) is 3. The number of benzene rings is 1. The number of aliphatic carboxylic acids is 1. The molecule has 20 heavy (non-hydrogen) atoms. The minimum absolute atomic E-state index is 0.325. The summed E-state index contributed by atoms with van der Waals surface area (Å²) < 4.78 is 5.39. The molecule has 1 rings (SSSR count). The van der Waals surface area contributed by atoms with E-state index in [0.29, 0.717) is 35.9 Å². The fraction of sp³-hybridized carbons (Fsp3) is 0.429. The lowest BCUT2D eigenvalue weighted by Crippen LogP contribution is -2.36. The lowest BCUT2D eigenvalue weighted by atomic mass is 10.1. The van der Waals surface area contributed by atoms with Crippen LogP contribution < -0.4 is 4.74 Å². The number of nitrogens with zero attached hydrogens (tertiary/aromatic N) is 1. The Morgan fingerprint density at radius 2 is 2.05 bits per heavy atom. The van der Waals surface area contributed by atoms with Crippen molar-refractivity contribution >= 4 is 23.5 Å². The second kappa shape index (κ2) is 7.75. The zero-order valence-electron chi connectivity index (χ0n) is 11.6. The maximum absolute atomic E-state index is 12.4. The first-order valence-electron chi connectivity index (χ1n) is 6.43. The van der Waals surface area contributed by atoms with Gasteiger partial charge in [-0.1, -0.05) is 18.5 Å². The van der Waals surface area contributed by atoms with E-state index in [1.165, 1.54) is 4.90 Å². The first-order chi connectivity index (χ1) is 9.49. The molecule has 1 N–H and O–H groups in total. The summed E-state index contributed by atoms with van der Waals surface area (Å²) in [7, 11) is 0. The number of carboxylic acids is 1. The summed E-state index contributed by atoms with van der Waals surface area (Å²) in [5.41, 5.74) is 0.325. The number of rotatable bonds is 7. The smallest absolute Gasteiger partial charge is 0.323 e. The number of carbonyl (C=O) groups is 2. The molecule has 0 radical (unpaired) electrons. The zero-order valence-corrected chi connectivity index (χ0v) is 12.3. The summed E-state index contributed by atoms with van der Waals surface area (Å²) in [5.74, 6) is -1.04. The van der Waals surface area contributed by atoms with Crippen molar-refractivity contribution in [1.82, 2.24) is 4.90 Å². The van der Waals surface area contributed by atoms with Gasteiger partial charge >= 0.3 is 5.97 Å². The van der Waals surface area contributed by atoms with Crippen LogP contribution in [0.3, 0.4) is 0 Å². The molecule has 1 aromatic carbocycles. The van der Waals surface area contributed by atoms with Gasteiger partial charge in [-0.3, -0.25) is 9.59 Å². The fourth-order valence-electron chi connectivity index (χ4n) is 1.80. The van der Waals surface area contributed by atoms with Gasteiger partial charge in [0.15, 0.2) is 0 Å². The van der Waals surface area contributed by atoms with Crippen LogP contribution in [0.25, 0.3) is 0 Å². The van der Waals surface area contributed by atoms with Crippen LogP contribution in [-0.2, 0) is 4.79 Å². The second-order valence-electron chi connectivity index (χ2n) is 4.19. The van der Waals surface area contributed by atoms with E-state index < -0.39 is 5.97 Å². The number of halogens is 1. The molecule has 0 aromatic heterocycles. The normalized spacial score (nSPS) is 10.2. The van der Waals surface area contributed by atoms with E-state index in [2.05, 4.69) is 0 Å². The standard InChI is InChI=1S/C14H18ClNO4/c1-3-7-16(9-13(17)18)14(19)11-6-5-10(15)8-12(11)20-4-2/h5-6,8H,3-4,7,9H2,1-2H3,(H,17,18). The third-order valence-corrected chi connectivity index (χ3v) is 2.82. The predicted molar refractivity (Wildman–Crippen MR) is 76.5 cm³/mol. The highest BCUT2D eigenvalue weighted by atomic mass is 35.5. The summed E-state index contributed by atoms with van der Waals surface area (Å²) in [6.07, 6.45) is 0.677. The van der Waals surface area contributed by atoms with Gasteiger partial charge in [0, 0.05) is 11.6 Å². The molecule has 0 spiro atoms. The van der Waals surface area contributed by atoms with Gasteiger partial charge in [0.2, 0.25) is 0 Å². The van der Waals surface area contributed by atoms with Gasteiger partial charge in [-0.15, -0.1) is 0 Å². The van der Waals surface area contributed by atoms with Gasteiger partial charge in [0.1, 0.15) is 12.3 Å². The van der Waals surface area contributed by atoms with Gasteiger partial charge in [0.05, 0.1) is 12.2 Å². The molecule has 0 saturated heterocycles. The Balaban J connectivity index is 3.06.